The molecule has 1 saturated heterocycles. The lowest BCUT2D eigenvalue weighted by Gasteiger charge is -2.57. The van der Waals surface area contributed by atoms with Crippen LogP contribution >= 0.6 is 0 Å². The maximum absolute atomic E-state index is 11.4. The maximum atomic E-state index is 11.4. The van der Waals surface area contributed by atoms with Crippen LogP contribution in [0.1, 0.15) is 26.7 Å². The predicted molar refractivity (Wildman–Crippen MR) is 79.3 cm³/mol. The molecule has 2 saturated carbocycles. The van der Waals surface area contributed by atoms with Crippen LogP contribution in [0, 0.1) is 34.5 Å². The lowest BCUT2D eigenvalue weighted by molar-refractivity contribution is -0.153. The van der Waals surface area contributed by atoms with Crippen molar-refractivity contribution in [2.24, 2.45) is 23.2 Å². The summed E-state index contributed by atoms with van der Waals surface area (Å²) in [6.07, 6.45) is 1.79. The van der Waals surface area contributed by atoms with Crippen molar-refractivity contribution in [1.29, 1.82) is 5.26 Å². The first kappa shape index (κ1) is 16.3. The molecule has 5 heteroatoms. The van der Waals surface area contributed by atoms with Gasteiger partial charge in [-0.3, -0.25) is 4.79 Å². The second kappa shape index (κ2) is 5.96. The smallest absolute Gasteiger partial charge is 0.327 e. The fourth-order valence-electron chi connectivity index (χ4n) is 3.64. The van der Waals surface area contributed by atoms with Gasteiger partial charge < -0.3 is 14.3 Å². The highest BCUT2D eigenvalue weighted by Gasteiger charge is 2.78. The first-order valence-electron chi connectivity index (χ1n) is 7.46. The van der Waals surface area contributed by atoms with Crippen molar-refractivity contribution in [3.63, 3.8) is 0 Å². The summed E-state index contributed by atoms with van der Waals surface area (Å²) in [6, 6.07) is 2.09. The summed E-state index contributed by atoms with van der Waals surface area (Å²) < 4.78 is 10.2. The molecule has 0 spiro atoms. The van der Waals surface area contributed by atoms with E-state index in [1.165, 1.54) is 0 Å². The fourth-order valence-corrected chi connectivity index (χ4v) is 3.64. The van der Waals surface area contributed by atoms with E-state index in [9.17, 15) is 9.59 Å². The van der Waals surface area contributed by atoms with Crippen LogP contribution in [0.15, 0.2) is 24.5 Å². The third-order valence-electron chi connectivity index (χ3n) is 4.88. The van der Waals surface area contributed by atoms with Gasteiger partial charge in [-0.1, -0.05) is 13.2 Å². The first-order valence-corrected chi connectivity index (χ1v) is 7.46. The molecule has 1 aliphatic heterocycles. The van der Waals surface area contributed by atoms with Gasteiger partial charge in [-0.05, 0) is 31.8 Å². The van der Waals surface area contributed by atoms with E-state index in [1.54, 1.807) is 0 Å². The number of nitrogens with zero attached hydrogens (tertiary/aromatic N) is 1. The van der Waals surface area contributed by atoms with Crippen LogP contribution in [0.25, 0.3) is 0 Å². The number of ether oxygens (including phenoxy) is 2. The van der Waals surface area contributed by atoms with Gasteiger partial charge >= 0.3 is 5.97 Å². The molecule has 5 nitrogen and oxygen atoms in total. The summed E-state index contributed by atoms with van der Waals surface area (Å²) in [5, 5.41) is 8.95. The highest BCUT2D eigenvalue weighted by Crippen LogP contribution is 2.70. The van der Waals surface area contributed by atoms with Gasteiger partial charge in [0.25, 0.3) is 0 Å². The highest BCUT2D eigenvalue weighted by molar-refractivity contribution is 5.86. The molecule has 5 atom stereocenters. The van der Waals surface area contributed by atoms with E-state index in [4.69, 9.17) is 14.7 Å². The minimum Gasteiger partial charge on any atom is -0.494 e. The van der Waals surface area contributed by atoms with Crippen molar-refractivity contribution < 1.29 is 19.1 Å². The van der Waals surface area contributed by atoms with Crippen molar-refractivity contribution in [1.82, 2.24) is 0 Å². The number of carbonyl (C=O) groups excluding carboxylic acids is 2. The largest absolute Gasteiger partial charge is 0.494 e. The van der Waals surface area contributed by atoms with Crippen molar-refractivity contribution in [2.45, 2.75) is 32.8 Å². The van der Waals surface area contributed by atoms with Crippen LogP contribution in [-0.2, 0) is 19.1 Å². The second-order valence-corrected chi connectivity index (χ2v) is 6.05. The molecule has 2 aliphatic carbocycles. The third kappa shape index (κ3) is 2.23. The molecule has 0 amide bonds. The van der Waals surface area contributed by atoms with Gasteiger partial charge in [0.15, 0.2) is 5.41 Å². The average Bonchev–Trinajstić information content (AvgIpc) is 2.55. The Balaban J connectivity index is 0.000000192. The lowest BCUT2D eigenvalue weighted by Crippen LogP contribution is -2.63. The molecule has 0 radical (unpaired) electrons. The van der Waals surface area contributed by atoms with Crippen molar-refractivity contribution >= 4 is 12.3 Å². The topological polar surface area (TPSA) is 76.4 Å². The Kier molecular flexibility index (Phi) is 4.41. The van der Waals surface area contributed by atoms with Crippen molar-refractivity contribution in [2.75, 3.05) is 6.61 Å². The van der Waals surface area contributed by atoms with Gasteiger partial charge in [0.05, 0.1) is 12.7 Å². The Hall–Kier alpha value is -2.09. The molecule has 0 aromatic heterocycles. The number of hydrogen-bond donors (Lipinski definition) is 0. The van der Waals surface area contributed by atoms with E-state index in [-0.39, 0.29) is 23.9 Å². The van der Waals surface area contributed by atoms with Gasteiger partial charge in [0.1, 0.15) is 18.1 Å². The van der Waals surface area contributed by atoms with Gasteiger partial charge in [0, 0.05) is 18.3 Å². The molecule has 0 aromatic carbocycles. The van der Waals surface area contributed by atoms with Gasteiger partial charge in [-0.15, -0.1) is 0 Å². The van der Waals surface area contributed by atoms with Gasteiger partial charge in [-0.2, -0.15) is 5.26 Å². The molecule has 118 valence electrons. The zero-order valence-electron chi connectivity index (χ0n) is 13.0. The normalized spacial score (nSPS) is 36.1. The number of rotatable bonds is 5. The molecule has 0 N–H and O–H groups in total. The second-order valence-electron chi connectivity index (χ2n) is 6.05. The molecular weight excluding hydrogens is 282 g/mol. The number of carbonyl (C=O) groups is 2. The molecule has 22 heavy (non-hydrogen) atoms. The monoisotopic (exact) mass is 303 g/mol. The van der Waals surface area contributed by atoms with Crippen molar-refractivity contribution in [3.05, 3.63) is 24.5 Å². The summed E-state index contributed by atoms with van der Waals surface area (Å²) in [5.41, 5.74) is 0.0567. The summed E-state index contributed by atoms with van der Waals surface area (Å²) >= 11 is 0. The highest BCUT2D eigenvalue weighted by atomic mass is 16.6. The summed E-state index contributed by atoms with van der Waals surface area (Å²) in [5.74, 6) is 0.971. The lowest BCUT2D eigenvalue weighted by atomic mass is 9.41. The Morgan fingerprint density at radius 3 is 2.73 bits per heavy atom. The molecule has 0 bridgehead atoms. The van der Waals surface area contributed by atoms with Crippen LogP contribution in [0.5, 0.6) is 0 Å². The summed E-state index contributed by atoms with van der Waals surface area (Å²) in [6.45, 7) is 11.7. The molecule has 1 heterocycles. The van der Waals surface area contributed by atoms with Gasteiger partial charge in [0.2, 0.25) is 0 Å². The van der Waals surface area contributed by atoms with Gasteiger partial charge in [-0.25, -0.2) is 0 Å². The van der Waals surface area contributed by atoms with Crippen LogP contribution in [0.4, 0.5) is 0 Å². The van der Waals surface area contributed by atoms with E-state index in [0.29, 0.717) is 31.1 Å². The van der Waals surface area contributed by atoms with E-state index in [1.807, 2.05) is 13.8 Å². The molecular formula is C17H21NO4. The third-order valence-corrected chi connectivity index (χ3v) is 4.88. The van der Waals surface area contributed by atoms with Crippen LogP contribution in [-0.4, -0.2) is 25.0 Å². The number of aldehydes is 1. The Morgan fingerprint density at radius 1 is 1.59 bits per heavy atom. The summed E-state index contributed by atoms with van der Waals surface area (Å²) in [4.78, 5) is 21.8. The molecule has 0 aromatic rings. The average molecular weight is 303 g/mol. The minimum absolute atomic E-state index is 0.0879. The number of nitriles is 1. The van der Waals surface area contributed by atoms with Crippen LogP contribution in [0.2, 0.25) is 0 Å². The fraction of sp³-hybridized carbons (Fsp3) is 0.588. The van der Waals surface area contributed by atoms with E-state index in [2.05, 4.69) is 19.2 Å². The van der Waals surface area contributed by atoms with E-state index < -0.39 is 5.41 Å². The van der Waals surface area contributed by atoms with E-state index in [0.717, 1.165) is 11.9 Å². The van der Waals surface area contributed by atoms with E-state index >= 15 is 0 Å². The summed E-state index contributed by atoms with van der Waals surface area (Å²) in [7, 11) is 0. The Labute approximate surface area is 130 Å². The van der Waals surface area contributed by atoms with Crippen LogP contribution < -0.4 is 0 Å². The Morgan fingerprint density at radius 2 is 2.27 bits per heavy atom. The Bertz CT molecular complexity index is 561. The maximum Gasteiger partial charge on any atom is 0.327 e. The molecule has 3 rings (SSSR count). The minimum atomic E-state index is -0.839. The molecule has 5 unspecified atom stereocenters. The molecule has 3 fully saturated rings. The first-order chi connectivity index (χ1) is 10.4. The SMILES string of the molecule is C=C(C)C(=C)OCC.N#CC12CC3C(CC=O)C(OC1=O)C32. The zero-order valence-corrected chi connectivity index (χ0v) is 13.0. The number of esters is 1. The quantitative estimate of drug-likeness (QED) is 0.337. The standard InChI is InChI=1S/C10H9NO3.C7H12O/c11-4-10-3-6-5(1-2-12)8(7(6)10)14-9(10)13;1-5-8-7(4)6(2)3/h2,5-8H,1,3H2;2,4-5H2,1,3H3. The number of allylic oxidation sites excluding steroid dienone is 1. The number of hydrogen-bond acceptors (Lipinski definition) is 5. The predicted octanol–water partition coefficient (Wildman–Crippen LogP) is 2.39. The zero-order chi connectivity index (χ0) is 16.5. The molecule has 3 aliphatic rings. The van der Waals surface area contributed by atoms with Crippen molar-refractivity contribution in [3.8, 4) is 6.07 Å². The van der Waals surface area contributed by atoms with Crippen LogP contribution in [0.3, 0.4) is 0 Å².